The van der Waals surface area contributed by atoms with Gasteiger partial charge in [-0.15, -0.1) is 11.3 Å². The monoisotopic (exact) mass is 335 g/mol. The van der Waals surface area contributed by atoms with E-state index in [4.69, 9.17) is 0 Å². The second kappa shape index (κ2) is 5.64. The molecule has 0 aliphatic rings. The van der Waals surface area contributed by atoms with Crippen LogP contribution in [0.2, 0.25) is 0 Å². The first-order valence-corrected chi connectivity index (χ1v) is 8.83. The standard InChI is InChI=1S/C14H13N3O3S2/c1-15-22(19,20)11-4-2-10(3-5-11)8-17-9-16-12-6-7-21-13(12)14(17)18/h2-7,9,15H,8H2,1H3. The van der Waals surface area contributed by atoms with Crippen LogP contribution in [0.15, 0.2) is 51.7 Å². The first kappa shape index (κ1) is 14.9. The van der Waals surface area contributed by atoms with Crippen LogP contribution in [0.3, 0.4) is 0 Å². The third-order valence-corrected chi connectivity index (χ3v) is 5.61. The molecule has 0 fully saturated rings. The van der Waals surface area contributed by atoms with E-state index in [1.165, 1.54) is 41.4 Å². The summed E-state index contributed by atoms with van der Waals surface area (Å²) in [5.74, 6) is 0. The van der Waals surface area contributed by atoms with Crippen molar-refractivity contribution < 1.29 is 8.42 Å². The molecule has 1 N–H and O–H groups in total. The number of sulfonamides is 1. The van der Waals surface area contributed by atoms with E-state index in [0.29, 0.717) is 16.8 Å². The van der Waals surface area contributed by atoms with Crippen molar-refractivity contribution in [2.75, 3.05) is 7.05 Å². The van der Waals surface area contributed by atoms with Gasteiger partial charge in [0.05, 0.1) is 23.3 Å². The summed E-state index contributed by atoms with van der Waals surface area (Å²) in [7, 11) is -2.08. The minimum Gasteiger partial charge on any atom is -0.294 e. The lowest BCUT2D eigenvalue weighted by atomic mass is 10.2. The molecular weight excluding hydrogens is 322 g/mol. The summed E-state index contributed by atoms with van der Waals surface area (Å²) in [4.78, 5) is 16.7. The number of hydrogen-bond acceptors (Lipinski definition) is 5. The fourth-order valence-corrected chi connectivity index (χ4v) is 3.60. The minimum absolute atomic E-state index is 0.0908. The molecular formula is C14H13N3O3S2. The Morgan fingerprint density at radius 1 is 1.23 bits per heavy atom. The van der Waals surface area contributed by atoms with Gasteiger partial charge in [-0.2, -0.15) is 0 Å². The van der Waals surface area contributed by atoms with Gasteiger partial charge in [-0.1, -0.05) is 12.1 Å². The SMILES string of the molecule is CNS(=O)(=O)c1ccc(Cn2cnc3ccsc3c2=O)cc1. The maximum Gasteiger partial charge on any atom is 0.271 e. The van der Waals surface area contributed by atoms with Crippen molar-refractivity contribution in [2.45, 2.75) is 11.4 Å². The first-order valence-electron chi connectivity index (χ1n) is 6.46. The summed E-state index contributed by atoms with van der Waals surface area (Å²) in [5, 5.41) is 1.83. The van der Waals surface area contributed by atoms with Crippen LogP contribution in [0.5, 0.6) is 0 Å². The van der Waals surface area contributed by atoms with E-state index in [0.717, 1.165) is 5.56 Å². The van der Waals surface area contributed by atoms with E-state index in [-0.39, 0.29) is 10.5 Å². The third kappa shape index (κ3) is 2.68. The molecule has 22 heavy (non-hydrogen) atoms. The van der Waals surface area contributed by atoms with E-state index < -0.39 is 10.0 Å². The van der Waals surface area contributed by atoms with Crippen LogP contribution in [0.25, 0.3) is 10.2 Å². The molecule has 2 aromatic heterocycles. The molecule has 0 amide bonds. The summed E-state index contributed by atoms with van der Waals surface area (Å²) in [6.07, 6.45) is 1.51. The van der Waals surface area contributed by atoms with Gasteiger partial charge >= 0.3 is 0 Å². The highest BCUT2D eigenvalue weighted by Gasteiger charge is 2.11. The maximum atomic E-state index is 12.3. The lowest BCUT2D eigenvalue weighted by Crippen LogP contribution is -2.20. The number of rotatable bonds is 4. The van der Waals surface area contributed by atoms with E-state index in [1.807, 2.05) is 11.4 Å². The van der Waals surface area contributed by atoms with Crippen LogP contribution < -0.4 is 10.3 Å². The number of aromatic nitrogens is 2. The lowest BCUT2D eigenvalue weighted by Gasteiger charge is -2.07. The summed E-state index contributed by atoms with van der Waals surface area (Å²) >= 11 is 1.36. The van der Waals surface area contributed by atoms with Gasteiger partial charge in [0, 0.05) is 0 Å². The topological polar surface area (TPSA) is 81.1 Å². The summed E-state index contributed by atoms with van der Waals surface area (Å²) < 4.78 is 27.7. The van der Waals surface area contributed by atoms with Gasteiger partial charge < -0.3 is 0 Å². The molecule has 6 nitrogen and oxygen atoms in total. The summed E-state index contributed by atoms with van der Waals surface area (Å²) in [6.45, 7) is 0.347. The van der Waals surface area contributed by atoms with Crippen molar-refractivity contribution in [1.29, 1.82) is 0 Å². The second-order valence-electron chi connectivity index (χ2n) is 4.66. The van der Waals surface area contributed by atoms with E-state index >= 15 is 0 Å². The van der Waals surface area contributed by atoms with Crippen molar-refractivity contribution in [3.05, 3.63) is 58.0 Å². The van der Waals surface area contributed by atoms with Crippen LogP contribution in [-0.4, -0.2) is 25.0 Å². The van der Waals surface area contributed by atoms with E-state index in [1.54, 1.807) is 12.1 Å². The molecule has 0 atom stereocenters. The average Bonchev–Trinajstić information content (AvgIpc) is 3.00. The number of nitrogens with zero attached hydrogens (tertiary/aromatic N) is 2. The second-order valence-corrected chi connectivity index (χ2v) is 7.47. The summed E-state index contributed by atoms with van der Waals surface area (Å²) in [5.41, 5.74) is 1.43. The summed E-state index contributed by atoms with van der Waals surface area (Å²) in [6, 6.07) is 8.22. The van der Waals surface area contributed by atoms with Crippen molar-refractivity contribution in [2.24, 2.45) is 0 Å². The molecule has 3 aromatic rings. The van der Waals surface area contributed by atoms with Crippen LogP contribution in [-0.2, 0) is 16.6 Å². The fourth-order valence-electron chi connectivity index (χ4n) is 2.08. The number of thiophene rings is 1. The molecule has 2 heterocycles. The zero-order chi connectivity index (χ0) is 15.7. The van der Waals surface area contributed by atoms with Crippen LogP contribution >= 0.6 is 11.3 Å². The molecule has 3 rings (SSSR count). The molecule has 0 saturated heterocycles. The minimum atomic E-state index is -3.45. The Kier molecular flexibility index (Phi) is 3.81. The Morgan fingerprint density at radius 2 is 1.95 bits per heavy atom. The quantitative estimate of drug-likeness (QED) is 0.782. The highest BCUT2D eigenvalue weighted by molar-refractivity contribution is 7.89. The Morgan fingerprint density at radius 3 is 2.64 bits per heavy atom. The van der Waals surface area contributed by atoms with Gasteiger partial charge in [0.2, 0.25) is 10.0 Å². The van der Waals surface area contributed by atoms with Gasteiger partial charge in [0.15, 0.2) is 0 Å². The molecule has 0 bridgehead atoms. The highest BCUT2D eigenvalue weighted by atomic mass is 32.2. The Hall–Kier alpha value is -2.03. The number of benzene rings is 1. The predicted molar refractivity (Wildman–Crippen MR) is 85.7 cm³/mol. The first-order chi connectivity index (χ1) is 10.5. The molecule has 0 radical (unpaired) electrons. The van der Waals surface area contributed by atoms with Crippen molar-refractivity contribution >= 4 is 31.6 Å². The highest BCUT2D eigenvalue weighted by Crippen LogP contribution is 2.14. The molecule has 0 aliphatic heterocycles. The molecule has 0 aliphatic carbocycles. The van der Waals surface area contributed by atoms with Crippen molar-refractivity contribution in [3.63, 3.8) is 0 Å². The Balaban J connectivity index is 1.92. The number of hydrogen-bond donors (Lipinski definition) is 1. The van der Waals surface area contributed by atoms with Gasteiger partial charge in [-0.05, 0) is 36.2 Å². The van der Waals surface area contributed by atoms with Gasteiger partial charge in [-0.25, -0.2) is 18.1 Å². The molecule has 0 saturated carbocycles. The number of nitrogens with one attached hydrogen (secondary N) is 1. The van der Waals surface area contributed by atoms with E-state index in [9.17, 15) is 13.2 Å². The van der Waals surface area contributed by atoms with Gasteiger partial charge in [0.25, 0.3) is 5.56 Å². The maximum absolute atomic E-state index is 12.3. The van der Waals surface area contributed by atoms with Gasteiger partial charge in [0.1, 0.15) is 4.70 Å². The van der Waals surface area contributed by atoms with Crippen molar-refractivity contribution in [1.82, 2.24) is 14.3 Å². The molecule has 114 valence electrons. The third-order valence-electron chi connectivity index (χ3n) is 3.29. The van der Waals surface area contributed by atoms with Crippen LogP contribution in [0.1, 0.15) is 5.56 Å². The zero-order valence-corrected chi connectivity index (χ0v) is 13.3. The Bertz CT molecular complexity index is 972. The predicted octanol–water partition coefficient (Wildman–Crippen LogP) is 1.41. The molecule has 8 heteroatoms. The molecule has 1 aromatic carbocycles. The normalized spacial score (nSPS) is 11.9. The smallest absolute Gasteiger partial charge is 0.271 e. The van der Waals surface area contributed by atoms with Crippen LogP contribution in [0, 0.1) is 0 Å². The number of fused-ring (bicyclic) bond motifs is 1. The fraction of sp³-hybridized carbons (Fsp3) is 0.143. The van der Waals surface area contributed by atoms with Gasteiger partial charge in [-0.3, -0.25) is 9.36 Å². The molecule has 0 unspecified atom stereocenters. The largest absolute Gasteiger partial charge is 0.294 e. The van der Waals surface area contributed by atoms with Crippen molar-refractivity contribution in [3.8, 4) is 0 Å². The van der Waals surface area contributed by atoms with Crippen LogP contribution in [0.4, 0.5) is 0 Å². The van der Waals surface area contributed by atoms with E-state index in [2.05, 4.69) is 9.71 Å². The average molecular weight is 335 g/mol. The lowest BCUT2D eigenvalue weighted by molar-refractivity contribution is 0.588. The Labute approximate surface area is 131 Å². The zero-order valence-electron chi connectivity index (χ0n) is 11.7. The molecule has 0 spiro atoms.